The Morgan fingerprint density at radius 3 is 2.57 bits per heavy atom. The van der Waals surface area contributed by atoms with E-state index in [2.05, 4.69) is 10.3 Å². The smallest absolute Gasteiger partial charge is 0.296 e. The Labute approximate surface area is 160 Å². The molecule has 2 heterocycles. The Bertz CT molecular complexity index is 1170. The summed E-state index contributed by atoms with van der Waals surface area (Å²) in [6.07, 6.45) is 5.10. The van der Waals surface area contributed by atoms with E-state index >= 15 is 0 Å². The zero-order valence-corrected chi connectivity index (χ0v) is 14.8. The summed E-state index contributed by atoms with van der Waals surface area (Å²) in [5, 5.41) is 3.02. The van der Waals surface area contributed by atoms with Crippen LogP contribution in [0.25, 0.3) is 10.9 Å². The average molecular weight is 373 g/mol. The van der Waals surface area contributed by atoms with Gasteiger partial charge in [-0.25, -0.2) is 4.39 Å². The van der Waals surface area contributed by atoms with Crippen molar-refractivity contribution in [3.8, 4) is 0 Å². The van der Waals surface area contributed by atoms with Gasteiger partial charge >= 0.3 is 0 Å². The van der Waals surface area contributed by atoms with Crippen molar-refractivity contribution in [1.29, 1.82) is 0 Å². The molecule has 0 aliphatic carbocycles. The van der Waals surface area contributed by atoms with E-state index in [-0.39, 0.29) is 11.3 Å². The van der Waals surface area contributed by atoms with E-state index in [0.717, 1.165) is 11.1 Å². The summed E-state index contributed by atoms with van der Waals surface area (Å²) in [5.74, 6) is -2.19. The van der Waals surface area contributed by atoms with Gasteiger partial charge in [0.2, 0.25) is 0 Å². The first kappa shape index (κ1) is 17.6. The molecule has 0 bridgehead atoms. The van der Waals surface area contributed by atoms with E-state index < -0.39 is 17.5 Å². The molecule has 2 aromatic heterocycles. The number of carbonyl (C=O) groups is 2. The molecule has 4 aromatic rings. The van der Waals surface area contributed by atoms with Crippen molar-refractivity contribution in [3.05, 3.63) is 96.2 Å². The lowest BCUT2D eigenvalue weighted by atomic mass is 10.1. The normalized spacial score (nSPS) is 10.8. The molecule has 2 aromatic carbocycles. The van der Waals surface area contributed by atoms with Crippen molar-refractivity contribution in [1.82, 2.24) is 9.55 Å². The summed E-state index contributed by atoms with van der Waals surface area (Å²) in [6, 6.07) is 16.9. The number of anilines is 1. The molecule has 6 heteroatoms. The molecular formula is C22H16FN3O2. The molecule has 0 atom stereocenters. The van der Waals surface area contributed by atoms with Crippen molar-refractivity contribution in [2.45, 2.75) is 6.54 Å². The van der Waals surface area contributed by atoms with Crippen LogP contribution in [-0.4, -0.2) is 21.2 Å². The van der Waals surface area contributed by atoms with Crippen molar-refractivity contribution >= 4 is 28.3 Å². The van der Waals surface area contributed by atoms with Gasteiger partial charge in [0.1, 0.15) is 5.82 Å². The first-order valence-electron chi connectivity index (χ1n) is 8.70. The molecule has 0 spiro atoms. The van der Waals surface area contributed by atoms with Gasteiger partial charge in [-0.2, -0.15) is 0 Å². The average Bonchev–Trinajstić information content (AvgIpc) is 3.08. The topological polar surface area (TPSA) is 64.0 Å². The summed E-state index contributed by atoms with van der Waals surface area (Å²) in [4.78, 5) is 29.3. The highest BCUT2D eigenvalue weighted by atomic mass is 19.1. The first-order valence-corrected chi connectivity index (χ1v) is 8.70. The van der Waals surface area contributed by atoms with Gasteiger partial charge in [-0.15, -0.1) is 0 Å². The molecule has 0 saturated heterocycles. The fourth-order valence-corrected chi connectivity index (χ4v) is 3.11. The lowest BCUT2D eigenvalue weighted by Gasteiger charge is -2.05. The number of carbonyl (C=O) groups excluding carboxylic acids is 2. The number of hydrogen-bond donors (Lipinski definition) is 1. The highest BCUT2D eigenvalue weighted by molar-refractivity contribution is 6.48. The van der Waals surface area contributed by atoms with E-state index in [1.54, 1.807) is 30.7 Å². The van der Waals surface area contributed by atoms with E-state index in [0.29, 0.717) is 11.9 Å². The SMILES string of the molecule is O=C(Nc1ccccc1F)C(=O)c1cn(Cc2cccnc2)c2ccccc12. The number of Topliss-reactive ketones (excluding diaryl/α,β-unsaturated/α-hetero) is 1. The number of amides is 1. The summed E-state index contributed by atoms with van der Waals surface area (Å²) in [6.45, 7) is 0.510. The zero-order valence-electron chi connectivity index (χ0n) is 14.8. The number of para-hydroxylation sites is 2. The number of nitrogens with one attached hydrogen (secondary N) is 1. The number of ketones is 1. The Morgan fingerprint density at radius 2 is 1.79 bits per heavy atom. The summed E-state index contributed by atoms with van der Waals surface area (Å²) < 4.78 is 15.7. The second-order valence-corrected chi connectivity index (χ2v) is 6.31. The van der Waals surface area contributed by atoms with Gasteiger partial charge < -0.3 is 9.88 Å². The third kappa shape index (κ3) is 3.40. The molecule has 0 aliphatic heterocycles. The Hall–Kier alpha value is -3.80. The van der Waals surface area contributed by atoms with E-state index in [4.69, 9.17) is 0 Å². The zero-order chi connectivity index (χ0) is 19.5. The van der Waals surface area contributed by atoms with Gasteiger partial charge in [-0.05, 0) is 29.8 Å². The van der Waals surface area contributed by atoms with Crippen LogP contribution in [0.3, 0.4) is 0 Å². The van der Waals surface area contributed by atoms with Crippen LogP contribution in [0.5, 0.6) is 0 Å². The predicted octanol–water partition coefficient (Wildman–Crippen LogP) is 4.05. The number of aromatic nitrogens is 2. The maximum absolute atomic E-state index is 13.8. The molecule has 138 valence electrons. The van der Waals surface area contributed by atoms with E-state index in [9.17, 15) is 14.0 Å². The molecule has 5 nitrogen and oxygen atoms in total. The number of benzene rings is 2. The van der Waals surface area contributed by atoms with Crippen LogP contribution in [-0.2, 0) is 11.3 Å². The molecule has 0 aliphatic rings. The van der Waals surface area contributed by atoms with Crippen LogP contribution in [0.15, 0.2) is 79.3 Å². The minimum absolute atomic E-state index is 0.0278. The van der Waals surface area contributed by atoms with Gasteiger partial charge in [0.15, 0.2) is 0 Å². The summed E-state index contributed by atoms with van der Waals surface area (Å²) in [5.41, 5.74) is 2.04. The Morgan fingerprint density at radius 1 is 1.00 bits per heavy atom. The fraction of sp³-hybridized carbons (Fsp3) is 0.0455. The number of rotatable bonds is 5. The molecular weight excluding hydrogens is 357 g/mol. The number of pyridine rings is 1. The van der Waals surface area contributed by atoms with Crippen molar-refractivity contribution in [3.63, 3.8) is 0 Å². The molecule has 0 radical (unpaired) electrons. The maximum atomic E-state index is 13.8. The van der Waals surface area contributed by atoms with Crippen LogP contribution in [0.1, 0.15) is 15.9 Å². The highest BCUT2D eigenvalue weighted by Crippen LogP contribution is 2.23. The molecule has 1 N–H and O–H groups in total. The lowest BCUT2D eigenvalue weighted by Crippen LogP contribution is -2.23. The molecule has 0 saturated carbocycles. The minimum atomic E-state index is -0.880. The van der Waals surface area contributed by atoms with Gasteiger partial charge in [-0.1, -0.05) is 36.4 Å². The minimum Gasteiger partial charge on any atom is -0.342 e. The van der Waals surface area contributed by atoms with Gasteiger partial charge in [0.25, 0.3) is 11.7 Å². The standard InChI is InChI=1S/C22H16FN3O2/c23-18-8-2-3-9-19(18)25-22(28)21(27)17-14-26(13-15-6-5-11-24-12-15)20-10-4-1-7-16(17)20/h1-12,14H,13H2,(H,25,28). The van der Waals surface area contributed by atoms with E-state index in [1.807, 2.05) is 34.9 Å². The molecule has 28 heavy (non-hydrogen) atoms. The van der Waals surface area contributed by atoms with Crippen LogP contribution in [0, 0.1) is 5.82 Å². The van der Waals surface area contributed by atoms with E-state index in [1.165, 1.54) is 18.2 Å². The third-order valence-electron chi connectivity index (χ3n) is 4.44. The van der Waals surface area contributed by atoms with Crippen LogP contribution in [0.2, 0.25) is 0 Å². The Kier molecular flexibility index (Phi) is 4.68. The fourth-order valence-electron chi connectivity index (χ4n) is 3.11. The van der Waals surface area contributed by atoms with Gasteiger partial charge in [0.05, 0.1) is 11.3 Å². The molecule has 0 fully saturated rings. The monoisotopic (exact) mass is 373 g/mol. The van der Waals surface area contributed by atoms with Crippen LogP contribution < -0.4 is 5.32 Å². The second-order valence-electron chi connectivity index (χ2n) is 6.31. The third-order valence-corrected chi connectivity index (χ3v) is 4.44. The molecule has 0 unspecified atom stereocenters. The predicted molar refractivity (Wildman–Crippen MR) is 105 cm³/mol. The quantitative estimate of drug-likeness (QED) is 0.424. The number of hydrogen-bond acceptors (Lipinski definition) is 3. The van der Waals surface area contributed by atoms with Gasteiger partial charge in [0, 0.05) is 36.0 Å². The van der Waals surface area contributed by atoms with Crippen molar-refractivity contribution in [2.24, 2.45) is 0 Å². The molecule has 4 rings (SSSR count). The maximum Gasteiger partial charge on any atom is 0.296 e. The lowest BCUT2D eigenvalue weighted by molar-refractivity contribution is -0.112. The largest absolute Gasteiger partial charge is 0.342 e. The number of nitrogens with zero attached hydrogens (tertiary/aromatic N) is 2. The number of fused-ring (bicyclic) bond motifs is 1. The van der Waals surface area contributed by atoms with Gasteiger partial charge in [-0.3, -0.25) is 14.6 Å². The van der Waals surface area contributed by atoms with Crippen molar-refractivity contribution < 1.29 is 14.0 Å². The van der Waals surface area contributed by atoms with Crippen molar-refractivity contribution in [2.75, 3.05) is 5.32 Å². The summed E-state index contributed by atoms with van der Waals surface area (Å²) >= 11 is 0. The Balaban J connectivity index is 1.67. The van der Waals surface area contributed by atoms with Crippen LogP contribution >= 0.6 is 0 Å². The number of halogens is 1. The highest BCUT2D eigenvalue weighted by Gasteiger charge is 2.22. The molecule has 1 amide bonds. The second kappa shape index (κ2) is 7.44. The van der Waals surface area contributed by atoms with Crippen LogP contribution in [0.4, 0.5) is 10.1 Å². The first-order chi connectivity index (χ1) is 13.6. The summed E-state index contributed by atoms with van der Waals surface area (Å²) in [7, 11) is 0.